The Labute approximate surface area is 167 Å². The van der Waals surface area contributed by atoms with Crippen molar-refractivity contribution in [3.63, 3.8) is 0 Å². The molecule has 0 atom stereocenters. The van der Waals surface area contributed by atoms with Crippen molar-refractivity contribution < 1.29 is 17.6 Å². The summed E-state index contributed by atoms with van der Waals surface area (Å²) in [7, 11) is -1.81. The first-order chi connectivity index (χ1) is 12.2. The fourth-order valence-electron chi connectivity index (χ4n) is 1.66. The van der Waals surface area contributed by atoms with Crippen molar-refractivity contribution in [1.29, 1.82) is 0 Å². The normalized spacial score (nSPS) is 11.1. The van der Waals surface area contributed by atoms with Gasteiger partial charge in [-0.2, -0.15) is 0 Å². The fraction of sp³-hybridized carbons (Fsp3) is 0.647. The van der Waals surface area contributed by atoms with Crippen molar-refractivity contribution in [2.45, 2.75) is 45.8 Å². The van der Waals surface area contributed by atoms with Crippen LogP contribution in [-0.4, -0.2) is 44.9 Å². The average molecular weight is 421 g/mol. The van der Waals surface area contributed by atoms with Gasteiger partial charge in [0.2, 0.25) is 20.1 Å². The first kappa shape index (κ1) is 25.3. The van der Waals surface area contributed by atoms with Crippen LogP contribution in [0.4, 0.5) is 0 Å². The maximum Gasteiger partial charge on any atom is 0.246 e. The summed E-state index contributed by atoms with van der Waals surface area (Å²) < 4.78 is 11.2. The fourth-order valence-corrected chi connectivity index (χ4v) is 4.85. The molecule has 0 aliphatic carbocycles. The summed E-state index contributed by atoms with van der Waals surface area (Å²) in [5.41, 5.74) is 1.05. The Morgan fingerprint density at radius 3 is 2.08 bits per heavy atom. The molecule has 0 unspecified atom stereocenters. The molecule has 0 saturated heterocycles. The van der Waals surface area contributed by atoms with Crippen molar-refractivity contribution in [1.82, 2.24) is 10.6 Å². The van der Waals surface area contributed by atoms with Gasteiger partial charge in [-0.3, -0.25) is 13.8 Å². The molecule has 2 N–H and O–H groups in total. The summed E-state index contributed by atoms with van der Waals surface area (Å²) in [5, 5.41) is 5.62. The number of carbonyl (C=O) groups excluding carboxylic acids is 2. The predicted molar refractivity (Wildman–Crippen MR) is 114 cm³/mol. The first-order valence-corrected chi connectivity index (χ1v) is 13.5. The van der Waals surface area contributed by atoms with Gasteiger partial charge in [0, 0.05) is 24.2 Å². The van der Waals surface area contributed by atoms with Gasteiger partial charge in [0.1, 0.15) is 18.3 Å². The maximum atomic E-state index is 11.4. The third-order valence-corrected chi connectivity index (χ3v) is 8.07. The summed E-state index contributed by atoms with van der Waals surface area (Å²) in [6, 6.07) is 0.940. The van der Waals surface area contributed by atoms with Crippen molar-refractivity contribution in [2.75, 3.05) is 24.8 Å². The zero-order valence-corrected chi connectivity index (χ0v) is 18.9. The molecule has 0 aromatic heterocycles. The van der Waals surface area contributed by atoms with Crippen LogP contribution in [0.25, 0.3) is 0 Å². The molecular formula is C17H32N2O4S2Si. The van der Waals surface area contributed by atoms with E-state index in [2.05, 4.69) is 36.9 Å². The minimum atomic E-state index is -1.81. The molecule has 0 rings (SSSR count). The minimum Gasteiger partial charge on any atom is -0.352 e. The lowest BCUT2D eigenvalue weighted by Crippen LogP contribution is -2.30. The predicted octanol–water partition coefficient (Wildman–Crippen LogP) is 3.64. The maximum absolute atomic E-state index is 11.4. The van der Waals surface area contributed by atoms with Crippen LogP contribution in [0.15, 0.2) is 24.3 Å². The van der Waals surface area contributed by atoms with Crippen molar-refractivity contribution in [3.8, 4) is 0 Å². The van der Waals surface area contributed by atoms with Gasteiger partial charge in [0.15, 0.2) is 0 Å². The van der Waals surface area contributed by atoms with Gasteiger partial charge in [-0.1, -0.05) is 13.2 Å². The number of hydrogen-bond donors (Lipinski definition) is 2. The number of amides is 2. The topological polar surface area (TPSA) is 76.7 Å². The number of thioether (sulfide) groups is 1. The summed E-state index contributed by atoms with van der Waals surface area (Å²) in [6.07, 6.45) is 1.76. The molecule has 0 radical (unpaired) electrons. The second-order valence-electron chi connectivity index (χ2n) is 6.58. The molecule has 0 heterocycles. The molecule has 0 aromatic carbocycles. The lowest BCUT2D eigenvalue weighted by molar-refractivity contribution is -0.118. The number of carbonyl (C=O) groups is 2. The van der Waals surface area contributed by atoms with Crippen LogP contribution in [-0.2, 0) is 17.6 Å². The van der Waals surface area contributed by atoms with E-state index in [0.29, 0.717) is 30.2 Å². The van der Waals surface area contributed by atoms with Crippen molar-refractivity contribution in [3.05, 3.63) is 24.3 Å². The Balaban J connectivity index is 3.55. The molecule has 150 valence electrons. The zero-order chi connectivity index (χ0) is 20.0. The van der Waals surface area contributed by atoms with Crippen LogP contribution in [0.3, 0.4) is 0 Å². The molecule has 2 amide bonds. The molecule has 0 saturated carbocycles. The van der Waals surface area contributed by atoms with Crippen LogP contribution in [0, 0.1) is 0 Å². The summed E-state index contributed by atoms with van der Waals surface area (Å²) in [4.78, 5) is 22.7. The van der Waals surface area contributed by atoms with Gasteiger partial charge in [0.25, 0.3) is 0 Å². The second-order valence-corrected chi connectivity index (χ2v) is 12.7. The van der Waals surface area contributed by atoms with Gasteiger partial charge >= 0.3 is 0 Å². The van der Waals surface area contributed by atoms with E-state index in [1.807, 2.05) is 0 Å². The zero-order valence-electron chi connectivity index (χ0n) is 16.3. The lowest BCUT2D eigenvalue weighted by atomic mass is 10.3. The molecule has 6 nitrogen and oxygen atoms in total. The molecular weight excluding hydrogens is 388 g/mol. The Morgan fingerprint density at radius 2 is 1.54 bits per heavy atom. The smallest absolute Gasteiger partial charge is 0.246 e. The summed E-state index contributed by atoms with van der Waals surface area (Å²) in [6.45, 7) is 16.1. The van der Waals surface area contributed by atoms with E-state index in [4.69, 9.17) is 8.06 Å². The highest BCUT2D eigenvalue weighted by Crippen LogP contribution is 2.22. The molecule has 0 spiro atoms. The Bertz CT molecular complexity index is 487. The van der Waals surface area contributed by atoms with Crippen LogP contribution >= 0.6 is 24.1 Å². The summed E-state index contributed by atoms with van der Waals surface area (Å²) >= 11 is 2.71. The van der Waals surface area contributed by atoms with E-state index in [0.717, 1.165) is 37.0 Å². The van der Waals surface area contributed by atoms with E-state index < -0.39 is 8.32 Å². The second kappa shape index (κ2) is 14.3. The quantitative estimate of drug-likeness (QED) is 0.138. The van der Waals surface area contributed by atoms with Crippen LogP contribution < -0.4 is 10.6 Å². The lowest BCUT2D eigenvalue weighted by Gasteiger charge is -2.20. The van der Waals surface area contributed by atoms with Crippen LogP contribution in [0.2, 0.25) is 19.1 Å². The van der Waals surface area contributed by atoms with Gasteiger partial charge in [-0.25, -0.2) is 0 Å². The third kappa shape index (κ3) is 14.4. The van der Waals surface area contributed by atoms with Crippen molar-refractivity contribution in [2.24, 2.45) is 0 Å². The molecule has 0 bridgehead atoms. The average Bonchev–Trinajstić information content (AvgIpc) is 2.56. The van der Waals surface area contributed by atoms with Gasteiger partial charge in [-0.05, 0) is 51.6 Å². The highest BCUT2D eigenvalue weighted by atomic mass is 32.2. The van der Waals surface area contributed by atoms with E-state index in [9.17, 15) is 9.59 Å². The van der Waals surface area contributed by atoms with Crippen LogP contribution in [0.5, 0.6) is 0 Å². The van der Waals surface area contributed by atoms with E-state index in [1.54, 1.807) is 25.6 Å². The highest BCUT2D eigenvalue weighted by molar-refractivity contribution is 8.00. The van der Waals surface area contributed by atoms with E-state index >= 15 is 0 Å². The van der Waals surface area contributed by atoms with Crippen molar-refractivity contribution >= 4 is 44.2 Å². The third-order valence-electron chi connectivity index (χ3n) is 3.21. The van der Waals surface area contributed by atoms with Gasteiger partial charge < -0.3 is 14.5 Å². The first-order valence-electron chi connectivity index (χ1n) is 8.58. The number of rotatable bonds is 15. The molecule has 0 aliphatic heterocycles. The summed E-state index contributed by atoms with van der Waals surface area (Å²) in [5.74, 6) is 1.25. The Kier molecular flexibility index (Phi) is 13.9. The van der Waals surface area contributed by atoms with E-state index in [1.165, 1.54) is 0 Å². The Hall–Kier alpha value is -0.743. The van der Waals surface area contributed by atoms with E-state index in [-0.39, 0.29) is 11.8 Å². The monoisotopic (exact) mass is 420 g/mol. The largest absolute Gasteiger partial charge is 0.352 e. The molecule has 26 heavy (non-hydrogen) atoms. The molecule has 0 aliphatic rings. The number of nitrogens with one attached hydrogen (secondary N) is 2. The van der Waals surface area contributed by atoms with Gasteiger partial charge in [-0.15, -0.1) is 11.8 Å². The highest BCUT2D eigenvalue weighted by Gasteiger charge is 2.23. The standard InChI is InChI=1S/C17H32N2O4S2Si/c1-14(2)16(20)18-9-7-11-24-13-22-25-23-26(5,6)12-8-10-19-17(21)15(3)4/h1,3,7-13H2,2,4-6H3,(H,18,20)(H,19,21). The minimum absolute atomic E-state index is 0.0958. The Morgan fingerprint density at radius 1 is 1.00 bits per heavy atom. The molecule has 0 aromatic rings. The van der Waals surface area contributed by atoms with Crippen LogP contribution in [0.1, 0.15) is 26.7 Å². The molecule has 9 heteroatoms. The van der Waals surface area contributed by atoms with Gasteiger partial charge in [0.05, 0.1) is 0 Å². The molecule has 0 fully saturated rings. The SMILES string of the molecule is C=C(C)C(=O)NCCCSCOSO[Si](C)(C)CCCNC(=O)C(=C)C. The number of hydrogen-bond acceptors (Lipinski definition) is 6.